The van der Waals surface area contributed by atoms with Crippen LogP contribution in [0.4, 0.5) is 8.78 Å². The van der Waals surface area contributed by atoms with Crippen LogP contribution in [0.2, 0.25) is 0 Å². The fraction of sp³-hybridized carbons (Fsp3) is 0.467. The smallest absolute Gasteiger partial charge is 0.251 e. The van der Waals surface area contributed by atoms with Gasteiger partial charge in [0, 0.05) is 42.0 Å². The van der Waals surface area contributed by atoms with E-state index >= 15 is 0 Å². The second-order valence-electron chi connectivity index (χ2n) is 5.59. The van der Waals surface area contributed by atoms with Crippen molar-refractivity contribution in [1.29, 1.82) is 0 Å². The van der Waals surface area contributed by atoms with Crippen molar-refractivity contribution in [3.05, 3.63) is 36.0 Å². The highest BCUT2D eigenvalue weighted by atomic mass is 19.3. The van der Waals surface area contributed by atoms with Crippen molar-refractivity contribution in [2.24, 2.45) is 0 Å². The topological polar surface area (TPSA) is 27.8 Å². The van der Waals surface area contributed by atoms with Gasteiger partial charge in [0.15, 0.2) is 0 Å². The molecule has 3 rings (SSSR count). The second kappa shape index (κ2) is 4.60. The van der Waals surface area contributed by atoms with Gasteiger partial charge in [-0.05, 0) is 25.0 Å². The Labute approximate surface area is 111 Å². The Morgan fingerprint density at radius 1 is 1.37 bits per heavy atom. The highest BCUT2D eigenvalue weighted by Crippen LogP contribution is 2.37. The summed E-state index contributed by atoms with van der Waals surface area (Å²) >= 11 is 0. The number of aromatic nitrogens is 1. The van der Waals surface area contributed by atoms with Crippen LogP contribution in [0.15, 0.2) is 30.5 Å². The third kappa shape index (κ3) is 2.63. The summed E-state index contributed by atoms with van der Waals surface area (Å²) in [7, 11) is 0. The number of para-hydroxylation sites is 1. The van der Waals surface area contributed by atoms with Gasteiger partial charge in [0.05, 0.1) is 0 Å². The molecule has 0 radical (unpaired) electrons. The molecule has 1 atom stereocenters. The molecule has 2 nitrogen and oxygen atoms in total. The Hall–Kier alpha value is -1.42. The van der Waals surface area contributed by atoms with Gasteiger partial charge in [-0.1, -0.05) is 18.2 Å². The Morgan fingerprint density at radius 3 is 2.84 bits per heavy atom. The summed E-state index contributed by atoms with van der Waals surface area (Å²) < 4.78 is 25.6. The van der Waals surface area contributed by atoms with Crippen LogP contribution in [0.3, 0.4) is 0 Å². The van der Waals surface area contributed by atoms with Gasteiger partial charge in [-0.3, -0.25) is 0 Å². The minimum atomic E-state index is -2.45. The van der Waals surface area contributed by atoms with Crippen LogP contribution in [-0.4, -0.2) is 23.0 Å². The first kappa shape index (κ1) is 12.6. The van der Waals surface area contributed by atoms with Crippen LogP contribution in [0.25, 0.3) is 10.9 Å². The molecule has 1 unspecified atom stereocenters. The van der Waals surface area contributed by atoms with E-state index in [-0.39, 0.29) is 24.9 Å². The second-order valence-corrected chi connectivity index (χ2v) is 5.59. The van der Waals surface area contributed by atoms with Gasteiger partial charge in [0.25, 0.3) is 5.92 Å². The van der Waals surface area contributed by atoms with Crippen molar-refractivity contribution in [2.75, 3.05) is 0 Å². The first-order valence-corrected chi connectivity index (χ1v) is 6.72. The van der Waals surface area contributed by atoms with E-state index in [0.717, 1.165) is 11.9 Å². The van der Waals surface area contributed by atoms with Gasteiger partial charge in [0.2, 0.25) is 0 Å². The molecule has 102 valence electrons. The van der Waals surface area contributed by atoms with Gasteiger partial charge in [-0.25, -0.2) is 8.78 Å². The predicted molar refractivity (Wildman–Crippen MR) is 72.6 cm³/mol. The summed E-state index contributed by atoms with van der Waals surface area (Å²) in [5, 5.41) is 4.50. The lowest BCUT2D eigenvalue weighted by Gasteiger charge is -2.37. The molecule has 0 saturated heterocycles. The molecular formula is C15H18F2N2. The SMILES string of the molecule is CC(Cc1c[nH]c2ccccc12)NC1CC(F)(F)C1. The zero-order chi connectivity index (χ0) is 13.5. The van der Waals surface area contributed by atoms with Gasteiger partial charge < -0.3 is 10.3 Å². The fourth-order valence-electron chi connectivity index (χ4n) is 2.87. The number of hydrogen-bond acceptors (Lipinski definition) is 1. The van der Waals surface area contributed by atoms with Gasteiger partial charge >= 0.3 is 0 Å². The summed E-state index contributed by atoms with van der Waals surface area (Å²) in [4.78, 5) is 3.24. The maximum Gasteiger partial charge on any atom is 0.251 e. The van der Waals surface area contributed by atoms with Crippen molar-refractivity contribution >= 4 is 10.9 Å². The number of nitrogens with one attached hydrogen (secondary N) is 2. The van der Waals surface area contributed by atoms with E-state index in [1.54, 1.807) is 0 Å². The molecule has 1 aliphatic rings. The molecule has 0 spiro atoms. The monoisotopic (exact) mass is 264 g/mol. The highest BCUT2D eigenvalue weighted by molar-refractivity contribution is 5.83. The van der Waals surface area contributed by atoms with Crippen molar-refractivity contribution in [1.82, 2.24) is 10.3 Å². The first-order valence-electron chi connectivity index (χ1n) is 6.72. The maximum atomic E-state index is 12.8. The van der Waals surface area contributed by atoms with E-state index in [2.05, 4.69) is 23.3 Å². The van der Waals surface area contributed by atoms with Crippen molar-refractivity contribution in [2.45, 2.75) is 44.2 Å². The summed E-state index contributed by atoms with van der Waals surface area (Å²) in [6.45, 7) is 2.05. The number of alkyl halides is 2. The summed E-state index contributed by atoms with van der Waals surface area (Å²) in [5.74, 6) is -2.45. The standard InChI is InChI=1S/C15H18F2N2/c1-10(19-12-7-15(16,17)8-12)6-11-9-18-14-5-3-2-4-13(11)14/h2-5,9-10,12,18-19H,6-8H2,1H3. The van der Waals surface area contributed by atoms with E-state index in [0.29, 0.717) is 0 Å². The Morgan fingerprint density at radius 2 is 2.11 bits per heavy atom. The lowest BCUT2D eigenvalue weighted by Crippen LogP contribution is -2.51. The number of aromatic amines is 1. The highest BCUT2D eigenvalue weighted by Gasteiger charge is 2.45. The molecular weight excluding hydrogens is 246 g/mol. The number of hydrogen-bond donors (Lipinski definition) is 2. The zero-order valence-corrected chi connectivity index (χ0v) is 10.9. The molecule has 0 aliphatic heterocycles. The molecule has 1 aromatic heterocycles. The molecule has 1 fully saturated rings. The van der Waals surface area contributed by atoms with E-state index in [1.165, 1.54) is 10.9 Å². The summed E-state index contributed by atoms with van der Waals surface area (Å²) in [6, 6.07) is 8.33. The normalized spacial score (nSPS) is 20.4. The average molecular weight is 264 g/mol. The predicted octanol–water partition coefficient (Wildman–Crippen LogP) is 3.49. The third-order valence-electron chi connectivity index (χ3n) is 3.81. The van der Waals surface area contributed by atoms with Crippen molar-refractivity contribution in [3.8, 4) is 0 Å². The van der Waals surface area contributed by atoms with Crippen LogP contribution >= 0.6 is 0 Å². The summed E-state index contributed by atoms with van der Waals surface area (Å²) in [6.07, 6.45) is 2.82. The van der Waals surface area contributed by atoms with E-state index in [4.69, 9.17) is 0 Å². The molecule has 0 bridgehead atoms. The first-order chi connectivity index (χ1) is 9.03. The molecule has 1 saturated carbocycles. The molecule has 1 heterocycles. The van der Waals surface area contributed by atoms with Crippen LogP contribution in [0.5, 0.6) is 0 Å². The van der Waals surface area contributed by atoms with E-state index in [9.17, 15) is 8.78 Å². The minimum absolute atomic E-state index is 0.0226. The Kier molecular flexibility index (Phi) is 3.05. The van der Waals surface area contributed by atoms with E-state index < -0.39 is 5.92 Å². The zero-order valence-electron chi connectivity index (χ0n) is 10.9. The quantitative estimate of drug-likeness (QED) is 0.869. The minimum Gasteiger partial charge on any atom is -0.361 e. The maximum absolute atomic E-state index is 12.8. The molecule has 2 aromatic rings. The number of H-pyrrole nitrogens is 1. The number of fused-ring (bicyclic) bond motifs is 1. The van der Waals surface area contributed by atoms with Crippen LogP contribution in [0.1, 0.15) is 25.3 Å². The average Bonchev–Trinajstić information content (AvgIpc) is 2.70. The molecule has 4 heteroatoms. The number of benzene rings is 1. The van der Waals surface area contributed by atoms with Crippen LogP contribution < -0.4 is 5.32 Å². The van der Waals surface area contributed by atoms with Crippen LogP contribution in [-0.2, 0) is 6.42 Å². The molecule has 1 aliphatic carbocycles. The van der Waals surface area contributed by atoms with E-state index in [1.807, 2.05) is 24.4 Å². The van der Waals surface area contributed by atoms with Gasteiger partial charge in [0.1, 0.15) is 0 Å². The molecule has 19 heavy (non-hydrogen) atoms. The van der Waals surface area contributed by atoms with Crippen LogP contribution in [0, 0.1) is 0 Å². The van der Waals surface area contributed by atoms with Gasteiger partial charge in [-0.2, -0.15) is 0 Å². The third-order valence-corrected chi connectivity index (χ3v) is 3.81. The Bertz CT molecular complexity index is 568. The molecule has 2 N–H and O–H groups in total. The largest absolute Gasteiger partial charge is 0.361 e. The van der Waals surface area contributed by atoms with Gasteiger partial charge in [-0.15, -0.1) is 0 Å². The van der Waals surface area contributed by atoms with Crippen molar-refractivity contribution in [3.63, 3.8) is 0 Å². The molecule has 1 aromatic carbocycles. The lowest BCUT2D eigenvalue weighted by molar-refractivity contribution is -0.0943. The number of halogens is 2. The summed E-state index contributed by atoms with van der Waals surface area (Å²) in [5.41, 5.74) is 2.36. The number of rotatable bonds is 4. The Balaban J connectivity index is 1.62. The molecule has 0 amide bonds. The lowest BCUT2D eigenvalue weighted by atomic mass is 9.87. The van der Waals surface area contributed by atoms with Crippen molar-refractivity contribution < 1.29 is 8.78 Å². The fourth-order valence-corrected chi connectivity index (χ4v) is 2.87.